The van der Waals surface area contributed by atoms with Crippen molar-refractivity contribution in [3.05, 3.63) is 0 Å². The van der Waals surface area contributed by atoms with Crippen molar-refractivity contribution in [2.45, 2.75) is 27.2 Å². The van der Waals surface area contributed by atoms with Gasteiger partial charge in [-0.1, -0.05) is 20.8 Å². The molecule has 0 aromatic rings. The SMILES string of the molecule is CC(C)(C)[C@]12CN(C(=O)O)C[C@H]1[C@@H]2CC#N. The number of amides is 1. The summed E-state index contributed by atoms with van der Waals surface area (Å²) in [5.74, 6) is 0.788. The van der Waals surface area contributed by atoms with Crippen molar-refractivity contribution in [2.24, 2.45) is 22.7 Å². The summed E-state index contributed by atoms with van der Waals surface area (Å²) in [4.78, 5) is 12.5. The molecule has 1 N–H and O–H groups in total. The Hall–Kier alpha value is -1.24. The lowest BCUT2D eigenvalue weighted by atomic mass is 9.75. The lowest BCUT2D eigenvalue weighted by Crippen LogP contribution is -2.36. The normalized spacial score (nSPS) is 36.8. The van der Waals surface area contributed by atoms with E-state index in [0.717, 1.165) is 0 Å². The van der Waals surface area contributed by atoms with Crippen molar-refractivity contribution in [3.8, 4) is 6.07 Å². The minimum atomic E-state index is -0.827. The predicted molar refractivity (Wildman–Crippen MR) is 58.7 cm³/mol. The van der Waals surface area contributed by atoms with Crippen LogP contribution in [0.2, 0.25) is 0 Å². The van der Waals surface area contributed by atoms with Crippen LogP contribution in [-0.2, 0) is 0 Å². The number of likely N-dealkylation sites (tertiary alicyclic amines) is 1. The molecule has 2 aliphatic rings. The van der Waals surface area contributed by atoms with E-state index in [1.54, 1.807) is 0 Å². The van der Waals surface area contributed by atoms with Gasteiger partial charge in [-0.05, 0) is 17.3 Å². The summed E-state index contributed by atoms with van der Waals surface area (Å²) < 4.78 is 0. The van der Waals surface area contributed by atoms with Crippen molar-refractivity contribution in [2.75, 3.05) is 13.1 Å². The molecule has 1 saturated carbocycles. The maximum absolute atomic E-state index is 11.0. The molecule has 0 unspecified atom stereocenters. The Bertz CT molecular complexity index is 366. The molecule has 0 bridgehead atoms. The molecule has 1 amide bonds. The third kappa shape index (κ3) is 1.24. The maximum Gasteiger partial charge on any atom is 0.407 e. The number of piperidine rings is 1. The van der Waals surface area contributed by atoms with Crippen LogP contribution in [-0.4, -0.2) is 29.2 Å². The number of hydrogen-bond acceptors (Lipinski definition) is 2. The Morgan fingerprint density at radius 3 is 2.62 bits per heavy atom. The monoisotopic (exact) mass is 222 g/mol. The molecule has 2 rings (SSSR count). The first-order chi connectivity index (χ1) is 7.34. The van der Waals surface area contributed by atoms with Gasteiger partial charge >= 0.3 is 6.09 Å². The van der Waals surface area contributed by atoms with Crippen LogP contribution in [0.4, 0.5) is 4.79 Å². The van der Waals surface area contributed by atoms with E-state index in [4.69, 9.17) is 10.4 Å². The lowest BCUT2D eigenvalue weighted by Gasteiger charge is -2.32. The molecule has 1 heterocycles. The van der Waals surface area contributed by atoms with Crippen LogP contribution in [0.5, 0.6) is 0 Å². The average molecular weight is 222 g/mol. The molecule has 4 heteroatoms. The van der Waals surface area contributed by atoms with Gasteiger partial charge in [-0.25, -0.2) is 4.79 Å². The molecule has 2 fully saturated rings. The summed E-state index contributed by atoms with van der Waals surface area (Å²) in [7, 11) is 0. The molecule has 0 aromatic carbocycles. The van der Waals surface area contributed by atoms with Crippen LogP contribution < -0.4 is 0 Å². The van der Waals surface area contributed by atoms with E-state index in [2.05, 4.69) is 26.8 Å². The van der Waals surface area contributed by atoms with Crippen LogP contribution in [0, 0.1) is 34.0 Å². The van der Waals surface area contributed by atoms with Crippen LogP contribution in [0.1, 0.15) is 27.2 Å². The Morgan fingerprint density at radius 1 is 1.62 bits per heavy atom. The Labute approximate surface area is 95.9 Å². The van der Waals surface area contributed by atoms with E-state index < -0.39 is 6.09 Å². The molecule has 88 valence electrons. The molecular formula is C12H18N2O2. The van der Waals surface area contributed by atoms with Crippen molar-refractivity contribution in [3.63, 3.8) is 0 Å². The standard InChI is InChI=1S/C12H18N2O2/c1-11(2,3)12-7-14(10(15)16)6-9(12)8(12)4-5-13/h8-9H,4,6-7H2,1-3H3,(H,15,16)/t8-,9-,12-/m0/s1. The number of nitrogens with zero attached hydrogens (tertiary/aromatic N) is 2. The number of rotatable bonds is 1. The van der Waals surface area contributed by atoms with Gasteiger partial charge in [0.15, 0.2) is 0 Å². The van der Waals surface area contributed by atoms with Gasteiger partial charge in [-0.15, -0.1) is 0 Å². The first-order valence-electron chi connectivity index (χ1n) is 5.69. The summed E-state index contributed by atoms with van der Waals surface area (Å²) in [5, 5.41) is 17.8. The first-order valence-corrected chi connectivity index (χ1v) is 5.69. The molecule has 16 heavy (non-hydrogen) atoms. The van der Waals surface area contributed by atoms with Crippen molar-refractivity contribution < 1.29 is 9.90 Å². The van der Waals surface area contributed by atoms with Crippen LogP contribution in [0.15, 0.2) is 0 Å². The van der Waals surface area contributed by atoms with Gasteiger partial charge in [0, 0.05) is 24.9 Å². The molecule has 0 radical (unpaired) electrons. The number of hydrogen-bond donors (Lipinski definition) is 1. The maximum atomic E-state index is 11.0. The predicted octanol–water partition coefficient (Wildman–Crippen LogP) is 2.17. The highest BCUT2D eigenvalue weighted by Crippen LogP contribution is 2.72. The second kappa shape index (κ2) is 3.13. The Balaban J connectivity index is 2.20. The summed E-state index contributed by atoms with van der Waals surface area (Å²) in [6.07, 6.45) is -0.262. The highest BCUT2D eigenvalue weighted by Gasteiger charge is 2.73. The zero-order valence-corrected chi connectivity index (χ0v) is 10.0. The fourth-order valence-corrected chi connectivity index (χ4v) is 3.66. The molecule has 1 saturated heterocycles. The largest absolute Gasteiger partial charge is 0.465 e. The van der Waals surface area contributed by atoms with E-state index >= 15 is 0 Å². The molecule has 1 aliphatic heterocycles. The van der Waals surface area contributed by atoms with E-state index in [1.165, 1.54) is 4.90 Å². The Kier molecular flexibility index (Phi) is 2.20. The number of carboxylic acid groups (broad SMARTS) is 1. The minimum Gasteiger partial charge on any atom is -0.465 e. The quantitative estimate of drug-likeness (QED) is 0.739. The fourth-order valence-electron chi connectivity index (χ4n) is 3.66. The second-order valence-electron chi connectivity index (χ2n) is 6.03. The van der Waals surface area contributed by atoms with E-state index in [1.807, 2.05) is 0 Å². The van der Waals surface area contributed by atoms with Gasteiger partial charge in [-0.2, -0.15) is 5.26 Å². The molecule has 3 atom stereocenters. The van der Waals surface area contributed by atoms with Gasteiger partial charge < -0.3 is 10.0 Å². The molecular weight excluding hydrogens is 204 g/mol. The highest BCUT2D eigenvalue weighted by atomic mass is 16.4. The van der Waals surface area contributed by atoms with Gasteiger partial charge in [-0.3, -0.25) is 0 Å². The highest BCUT2D eigenvalue weighted by molar-refractivity contribution is 5.66. The van der Waals surface area contributed by atoms with Gasteiger partial charge in [0.1, 0.15) is 0 Å². The summed E-state index contributed by atoms with van der Waals surface area (Å²) in [5.41, 5.74) is 0.116. The third-order valence-electron chi connectivity index (χ3n) is 4.55. The van der Waals surface area contributed by atoms with Crippen molar-refractivity contribution >= 4 is 6.09 Å². The second-order valence-corrected chi connectivity index (χ2v) is 6.03. The first kappa shape index (κ1) is 11.3. The van der Waals surface area contributed by atoms with Crippen LogP contribution in [0.3, 0.4) is 0 Å². The topological polar surface area (TPSA) is 64.3 Å². The van der Waals surface area contributed by atoms with E-state index in [-0.39, 0.29) is 10.8 Å². The van der Waals surface area contributed by atoms with Gasteiger partial charge in [0.2, 0.25) is 0 Å². The lowest BCUT2D eigenvalue weighted by molar-refractivity contribution is 0.123. The fraction of sp³-hybridized carbons (Fsp3) is 0.833. The zero-order valence-electron chi connectivity index (χ0n) is 10.0. The number of nitriles is 1. The summed E-state index contributed by atoms with van der Waals surface area (Å²) >= 11 is 0. The molecule has 0 aromatic heterocycles. The molecule has 0 spiro atoms. The summed E-state index contributed by atoms with van der Waals surface area (Å²) in [6, 6.07) is 2.23. The number of fused-ring (bicyclic) bond motifs is 1. The van der Waals surface area contributed by atoms with E-state index in [9.17, 15) is 4.79 Å². The van der Waals surface area contributed by atoms with Gasteiger partial charge in [0.05, 0.1) is 6.07 Å². The zero-order chi connectivity index (χ0) is 12.1. The van der Waals surface area contributed by atoms with Gasteiger partial charge in [0.25, 0.3) is 0 Å². The third-order valence-corrected chi connectivity index (χ3v) is 4.55. The number of carbonyl (C=O) groups is 1. The van der Waals surface area contributed by atoms with Crippen molar-refractivity contribution in [1.82, 2.24) is 4.90 Å². The minimum absolute atomic E-state index is 0.0428. The van der Waals surface area contributed by atoms with E-state index in [0.29, 0.717) is 31.3 Å². The summed E-state index contributed by atoms with van der Waals surface area (Å²) in [6.45, 7) is 7.68. The van der Waals surface area contributed by atoms with Crippen LogP contribution >= 0.6 is 0 Å². The average Bonchev–Trinajstić information content (AvgIpc) is 2.58. The van der Waals surface area contributed by atoms with Crippen LogP contribution in [0.25, 0.3) is 0 Å². The Morgan fingerprint density at radius 2 is 2.25 bits per heavy atom. The molecule has 1 aliphatic carbocycles. The smallest absolute Gasteiger partial charge is 0.407 e. The molecule has 4 nitrogen and oxygen atoms in total. The van der Waals surface area contributed by atoms with Crippen molar-refractivity contribution in [1.29, 1.82) is 5.26 Å².